The Morgan fingerprint density at radius 1 is 1.33 bits per heavy atom. The van der Waals surface area contributed by atoms with Gasteiger partial charge in [0.1, 0.15) is 0 Å². The van der Waals surface area contributed by atoms with Crippen LogP contribution in [0.25, 0.3) is 0 Å². The van der Waals surface area contributed by atoms with Gasteiger partial charge in [0.15, 0.2) is 5.96 Å². The molecule has 0 saturated carbocycles. The van der Waals surface area contributed by atoms with E-state index < -0.39 is 0 Å². The van der Waals surface area contributed by atoms with Gasteiger partial charge >= 0.3 is 0 Å². The van der Waals surface area contributed by atoms with Crippen molar-refractivity contribution in [1.29, 1.82) is 0 Å². The Labute approximate surface area is 164 Å². The second kappa shape index (κ2) is 13.5. The SMILES string of the molecule is CCNC(=NCc1cnn(C)c1)NC(C)CCCN(CC)CC.I. The van der Waals surface area contributed by atoms with Crippen molar-refractivity contribution in [3.63, 3.8) is 0 Å². The lowest BCUT2D eigenvalue weighted by molar-refractivity contribution is 0.292. The van der Waals surface area contributed by atoms with E-state index in [1.54, 1.807) is 4.68 Å². The van der Waals surface area contributed by atoms with E-state index in [9.17, 15) is 0 Å². The van der Waals surface area contributed by atoms with Gasteiger partial charge in [-0.3, -0.25) is 4.68 Å². The van der Waals surface area contributed by atoms with Crippen LogP contribution in [0, 0.1) is 0 Å². The summed E-state index contributed by atoms with van der Waals surface area (Å²) < 4.78 is 1.81. The number of hydrogen-bond acceptors (Lipinski definition) is 3. The van der Waals surface area contributed by atoms with Crippen LogP contribution < -0.4 is 10.6 Å². The maximum Gasteiger partial charge on any atom is 0.191 e. The molecule has 1 aromatic rings. The lowest BCUT2D eigenvalue weighted by atomic mass is 10.2. The number of halogens is 1. The van der Waals surface area contributed by atoms with Gasteiger partial charge in [-0.05, 0) is 46.3 Å². The zero-order valence-corrected chi connectivity index (χ0v) is 18.2. The molecule has 24 heavy (non-hydrogen) atoms. The van der Waals surface area contributed by atoms with Crippen molar-refractivity contribution in [2.75, 3.05) is 26.2 Å². The second-order valence-corrected chi connectivity index (χ2v) is 5.93. The van der Waals surface area contributed by atoms with Gasteiger partial charge < -0.3 is 15.5 Å². The summed E-state index contributed by atoms with van der Waals surface area (Å²) in [4.78, 5) is 7.11. The maximum atomic E-state index is 4.64. The zero-order chi connectivity index (χ0) is 17.1. The van der Waals surface area contributed by atoms with Gasteiger partial charge in [0.2, 0.25) is 0 Å². The third-order valence-electron chi connectivity index (χ3n) is 3.91. The normalized spacial score (nSPS) is 12.8. The minimum absolute atomic E-state index is 0. The van der Waals surface area contributed by atoms with Gasteiger partial charge in [-0.15, -0.1) is 24.0 Å². The predicted molar refractivity (Wildman–Crippen MR) is 113 cm³/mol. The molecule has 1 unspecified atom stereocenters. The monoisotopic (exact) mass is 450 g/mol. The van der Waals surface area contributed by atoms with E-state index >= 15 is 0 Å². The Bertz CT molecular complexity index is 456. The highest BCUT2D eigenvalue weighted by atomic mass is 127. The molecule has 0 fully saturated rings. The Morgan fingerprint density at radius 3 is 2.58 bits per heavy atom. The summed E-state index contributed by atoms with van der Waals surface area (Å²) in [5.74, 6) is 0.881. The number of rotatable bonds is 10. The van der Waals surface area contributed by atoms with E-state index in [1.165, 1.54) is 13.0 Å². The number of aromatic nitrogens is 2. The van der Waals surface area contributed by atoms with E-state index in [2.05, 4.69) is 53.3 Å². The number of aliphatic imine (C=N–C) groups is 1. The second-order valence-electron chi connectivity index (χ2n) is 5.93. The molecule has 0 spiro atoms. The van der Waals surface area contributed by atoms with Gasteiger partial charge in [-0.1, -0.05) is 13.8 Å². The quantitative estimate of drug-likeness (QED) is 0.327. The molecule has 1 rings (SSSR count). The van der Waals surface area contributed by atoms with Crippen LogP contribution in [0.4, 0.5) is 0 Å². The van der Waals surface area contributed by atoms with Crippen molar-refractivity contribution in [1.82, 2.24) is 25.3 Å². The van der Waals surface area contributed by atoms with Crippen molar-refractivity contribution >= 4 is 29.9 Å². The zero-order valence-electron chi connectivity index (χ0n) is 15.9. The fourth-order valence-corrected chi connectivity index (χ4v) is 2.51. The topological polar surface area (TPSA) is 57.5 Å². The first-order chi connectivity index (χ1) is 11.1. The molecule has 6 nitrogen and oxygen atoms in total. The third-order valence-corrected chi connectivity index (χ3v) is 3.91. The fourth-order valence-electron chi connectivity index (χ4n) is 2.51. The molecule has 7 heteroatoms. The van der Waals surface area contributed by atoms with Gasteiger partial charge in [0, 0.05) is 31.4 Å². The van der Waals surface area contributed by atoms with Crippen molar-refractivity contribution in [2.24, 2.45) is 12.0 Å². The summed E-state index contributed by atoms with van der Waals surface area (Å²) in [6.45, 7) is 13.7. The molecule has 140 valence electrons. The minimum Gasteiger partial charge on any atom is -0.357 e. The van der Waals surface area contributed by atoms with Gasteiger partial charge in [0.25, 0.3) is 0 Å². The van der Waals surface area contributed by atoms with Crippen LogP contribution in [0.5, 0.6) is 0 Å². The molecular formula is C17H35IN6. The molecular weight excluding hydrogens is 415 g/mol. The summed E-state index contributed by atoms with van der Waals surface area (Å²) in [5.41, 5.74) is 1.12. The van der Waals surface area contributed by atoms with Crippen LogP contribution in [-0.2, 0) is 13.6 Å². The summed E-state index contributed by atoms with van der Waals surface area (Å²) in [6, 6.07) is 0.414. The number of nitrogens with zero attached hydrogens (tertiary/aromatic N) is 4. The lowest BCUT2D eigenvalue weighted by Gasteiger charge is -2.21. The van der Waals surface area contributed by atoms with Crippen LogP contribution in [0.3, 0.4) is 0 Å². The molecule has 0 aliphatic heterocycles. The first kappa shape index (κ1) is 23.2. The van der Waals surface area contributed by atoms with E-state index in [1.807, 2.05) is 19.4 Å². The predicted octanol–water partition coefficient (Wildman–Crippen LogP) is 2.60. The van der Waals surface area contributed by atoms with E-state index in [4.69, 9.17) is 0 Å². The Morgan fingerprint density at radius 2 is 2.04 bits per heavy atom. The molecule has 0 amide bonds. The number of aryl methyl sites for hydroxylation is 1. The molecule has 1 atom stereocenters. The number of nitrogens with one attached hydrogen (secondary N) is 2. The van der Waals surface area contributed by atoms with Crippen LogP contribution in [0.2, 0.25) is 0 Å². The highest BCUT2D eigenvalue weighted by Gasteiger charge is 2.06. The first-order valence-electron chi connectivity index (χ1n) is 8.83. The Balaban J connectivity index is 0.00000529. The first-order valence-corrected chi connectivity index (χ1v) is 8.83. The highest BCUT2D eigenvalue weighted by Crippen LogP contribution is 2.01. The summed E-state index contributed by atoms with van der Waals surface area (Å²) in [6.07, 6.45) is 6.22. The molecule has 0 aromatic carbocycles. The smallest absolute Gasteiger partial charge is 0.191 e. The van der Waals surface area contributed by atoms with E-state index in [0.29, 0.717) is 12.6 Å². The molecule has 1 heterocycles. The van der Waals surface area contributed by atoms with Crippen LogP contribution >= 0.6 is 24.0 Å². The molecule has 0 bridgehead atoms. The molecule has 0 radical (unpaired) electrons. The van der Waals surface area contributed by atoms with E-state index in [-0.39, 0.29) is 24.0 Å². The number of hydrogen-bond donors (Lipinski definition) is 2. The van der Waals surface area contributed by atoms with Gasteiger partial charge in [-0.2, -0.15) is 5.10 Å². The van der Waals surface area contributed by atoms with Gasteiger partial charge in [-0.25, -0.2) is 4.99 Å². The van der Waals surface area contributed by atoms with Gasteiger partial charge in [0.05, 0.1) is 12.7 Å². The highest BCUT2D eigenvalue weighted by molar-refractivity contribution is 14.0. The van der Waals surface area contributed by atoms with Crippen LogP contribution in [0.15, 0.2) is 17.4 Å². The Kier molecular flexibility index (Phi) is 13.0. The average molecular weight is 450 g/mol. The van der Waals surface area contributed by atoms with Crippen LogP contribution in [0.1, 0.15) is 46.1 Å². The standard InChI is InChI=1S/C17H34N6.HI/c1-6-18-17(19-12-16-13-20-22(5)14-16)21-15(4)10-9-11-23(7-2)8-3;/h13-15H,6-12H2,1-5H3,(H2,18,19,21);1H. The molecule has 1 aromatic heterocycles. The van der Waals surface area contributed by atoms with Crippen LogP contribution in [-0.4, -0.2) is 52.9 Å². The minimum atomic E-state index is 0. The summed E-state index contributed by atoms with van der Waals surface area (Å²) in [5, 5.41) is 11.0. The van der Waals surface area contributed by atoms with Crippen molar-refractivity contribution < 1.29 is 0 Å². The maximum absolute atomic E-state index is 4.64. The van der Waals surface area contributed by atoms with E-state index in [0.717, 1.165) is 37.6 Å². The number of guanidine groups is 1. The molecule has 0 aliphatic rings. The van der Waals surface area contributed by atoms with Crippen molar-refractivity contribution in [3.05, 3.63) is 18.0 Å². The molecule has 2 N–H and O–H groups in total. The van der Waals surface area contributed by atoms with Crippen molar-refractivity contribution in [3.8, 4) is 0 Å². The Hall–Kier alpha value is -0.830. The fraction of sp³-hybridized carbons (Fsp3) is 0.765. The summed E-state index contributed by atoms with van der Waals surface area (Å²) >= 11 is 0. The lowest BCUT2D eigenvalue weighted by Crippen LogP contribution is -2.42. The largest absolute Gasteiger partial charge is 0.357 e. The molecule has 0 aliphatic carbocycles. The third kappa shape index (κ3) is 9.46. The van der Waals surface area contributed by atoms with Crippen molar-refractivity contribution in [2.45, 2.75) is 53.1 Å². The average Bonchev–Trinajstić information content (AvgIpc) is 2.95. The summed E-state index contributed by atoms with van der Waals surface area (Å²) in [7, 11) is 1.93. The molecule has 0 saturated heterocycles.